The predicted octanol–water partition coefficient (Wildman–Crippen LogP) is 2.93. The van der Waals surface area contributed by atoms with Crippen LogP contribution in [0.5, 0.6) is 5.75 Å². The molecule has 3 aliphatic heterocycles. The van der Waals surface area contributed by atoms with Crippen LogP contribution in [-0.4, -0.2) is 64.9 Å². The van der Waals surface area contributed by atoms with Gasteiger partial charge in [0, 0.05) is 43.3 Å². The Balaban J connectivity index is 1.55. The third kappa shape index (κ3) is 2.71. The van der Waals surface area contributed by atoms with Crippen LogP contribution in [0.3, 0.4) is 0 Å². The molecule has 0 N–H and O–H groups in total. The zero-order valence-corrected chi connectivity index (χ0v) is 16.2. The molecule has 0 saturated carbocycles. The Morgan fingerprint density at radius 2 is 2.00 bits per heavy atom. The number of nitrogens with zero attached hydrogens (tertiary/aromatic N) is 4. The van der Waals surface area contributed by atoms with Crippen LogP contribution in [0.4, 0.5) is 9.18 Å². The Kier molecular flexibility index (Phi) is 4.34. The second-order valence-electron chi connectivity index (χ2n) is 7.91. The molecule has 4 aliphatic rings. The zero-order chi connectivity index (χ0) is 19.3. The van der Waals surface area contributed by atoms with Gasteiger partial charge in [-0.25, -0.2) is 9.18 Å². The minimum Gasteiger partial charge on any atom is -0.494 e. The summed E-state index contributed by atoms with van der Waals surface area (Å²) in [5.74, 6) is -0.221. The number of ether oxygens (including phenoxy) is 1. The number of halogens is 1. The molecule has 0 unspecified atom stereocenters. The largest absolute Gasteiger partial charge is 0.494 e. The van der Waals surface area contributed by atoms with Crippen molar-refractivity contribution in [1.29, 1.82) is 0 Å². The Hall–Kier alpha value is -2.41. The van der Waals surface area contributed by atoms with Gasteiger partial charge in [0.2, 0.25) is 0 Å². The van der Waals surface area contributed by atoms with Gasteiger partial charge in [-0.15, -0.1) is 0 Å². The number of aromatic nitrogens is 2. The number of carbonyl (C=O) groups excluding carboxylic acids is 1. The first-order chi connectivity index (χ1) is 13.7. The van der Waals surface area contributed by atoms with E-state index < -0.39 is 5.82 Å². The van der Waals surface area contributed by atoms with Crippen LogP contribution >= 0.6 is 0 Å². The predicted molar refractivity (Wildman–Crippen MR) is 103 cm³/mol. The summed E-state index contributed by atoms with van der Waals surface area (Å²) >= 11 is 0. The molecule has 148 valence electrons. The van der Waals surface area contributed by atoms with Crippen molar-refractivity contribution in [3.63, 3.8) is 0 Å². The molecule has 1 aromatic carbocycles. The van der Waals surface area contributed by atoms with E-state index in [0.717, 1.165) is 69.5 Å². The van der Waals surface area contributed by atoms with Crippen molar-refractivity contribution in [2.75, 3.05) is 33.3 Å². The van der Waals surface area contributed by atoms with E-state index in [1.165, 1.54) is 7.11 Å². The molecule has 3 saturated heterocycles. The molecule has 7 heteroatoms. The number of methoxy groups -OCH3 is 1. The molecule has 1 aliphatic carbocycles. The minimum absolute atomic E-state index is 0.0542. The number of hydrogen-bond donors (Lipinski definition) is 0. The molecule has 0 spiro atoms. The summed E-state index contributed by atoms with van der Waals surface area (Å²) in [6.07, 6.45) is 4.64. The first-order valence-electron chi connectivity index (χ1n) is 10.1. The Morgan fingerprint density at radius 1 is 1.18 bits per heavy atom. The van der Waals surface area contributed by atoms with Gasteiger partial charge in [-0.3, -0.25) is 0 Å². The third-order valence-electron chi connectivity index (χ3n) is 6.45. The highest BCUT2D eigenvalue weighted by molar-refractivity contribution is 5.80. The van der Waals surface area contributed by atoms with Gasteiger partial charge in [0.25, 0.3) is 0 Å². The monoisotopic (exact) mass is 384 g/mol. The van der Waals surface area contributed by atoms with Crippen molar-refractivity contribution in [3.05, 3.63) is 35.3 Å². The molecule has 0 radical (unpaired) electrons. The topological polar surface area (TPSA) is 50.6 Å². The Morgan fingerprint density at radius 3 is 2.79 bits per heavy atom. The molecule has 4 heterocycles. The fourth-order valence-corrected chi connectivity index (χ4v) is 4.92. The first-order valence-corrected chi connectivity index (χ1v) is 10.1. The number of hydrogen-bond acceptors (Lipinski definition) is 4. The van der Waals surface area contributed by atoms with Gasteiger partial charge in [-0.05, 0) is 44.2 Å². The molecule has 1 aromatic heterocycles. The average Bonchev–Trinajstić information content (AvgIpc) is 3.20. The molecule has 28 heavy (non-hydrogen) atoms. The van der Waals surface area contributed by atoms with E-state index in [0.29, 0.717) is 11.3 Å². The number of rotatable bonds is 2. The molecule has 0 atom stereocenters. The highest BCUT2D eigenvalue weighted by atomic mass is 19.1. The van der Waals surface area contributed by atoms with Crippen molar-refractivity contribution in [1.82, 2.24) is 19.6 Å². The first kappa shape index (κ1) is 17.7. The van der Waals surface area contributed by atoms with Crippen molar-refractivity contribution in [2.45, 2.75) is 38.1 Å². The second kappa shape index (κ2) is 6.88. The highest BCUT2D eigenvalue weighted by Gasteiger charge is 2.35. The van der Waals surface area contributed by atoms with E-state index in [4.69, 9.17) is 4.74 Å². The summed E-state index contributed by atoms with van der Waals surface area (Å²) in [7, 11) is 1.46. The Labute approximate surface area is 163 Å². The van der Waals surface area contributed by atoms with E-state index in [9.17, 15) is 9.18 Å². The van der Waals surface area contributed by atoms with E-state index in [2.05, 4.69) is 10.00 Å². The second-order valence-corrected chi connectivity index (χ2v) is 7.91. The average molecular weight is 384 g/mol. The summed E-state index contributed by atoms with van der Waals surface area (Å²) in [4.78, 5) is 17.9. The SMILES string of the molecule is COc1cccc(-c2nn(C(=O)N3CCN4CCC3CC4)c3c2CCC3)c1F. The lowest BCUT2D eigenvalue weighted by Gasteiger charge is -2.31. The fourth-order valence-electron chi connectivity index (χ4n) is 4.92. The molecule has 6 nitrogen and oxygen atoms in total. The van der Waals surface area contributed by atoms with Crippen LogP contribution in [0.25, 0.3) is 11.3 Å². The van der Waals surface area contributed by atoms with E-state index in [1.54, 1.807) is 22.9 Å². The third-order valence-corrected chi connectivity index (χ3v) is 6.45. The molecule has 2 aromatic rings. The number of benzene rings is 1. The fraction of sp³-hybridized carbons (Fsp3) is 0.524. The van der Waals surface area contributed by atoms with Crippen LogP contribution in [0, 0.1) is 5.82 Å². The molecule has 3 fully saturated rings. The Bertz CT molecular complexity index is 917. The smallest absolute Gasteiger partial charge is 0.345 e. The quantitative estimate of drug-likeness (QED) is 0.799. The summed E-state index contributed by atoms with van der Waals surface area (Å²) < 4.78 is 21.6. The molecule has 6 rings (SSSR count). The van der Waals surface area contributed by atoms with Crippen LogP contribution in [0.2, 0.25) is 0 Å². The van der Waals surface area contributed by atoms with Gasteiger partial charge in [0.1, 0.15) is 0 Å². The van der Waals surface area contributed by atoms with Crippen molar-refractivity contribution in [2.24, 2.45) is 0 Å². The maximum atomic E-state index is 14.9. The number of carbonyl (C=O) groups is 1. The zero-order valence-electron chi connectivity index (χ0n) is 16.2. The van der Waals surface area contributed by atoms with Gasteiger partial charge >= 0.3 is 6.03 Å². The maximum absolute atomic E-state index is 14.9. The van der Waals surface area contributed by atoms with Gasteiger partial charge in [-0.2, -0.15) is 9.78 Å². The maximum Gasteiger partial charge on any atom is 0.345 e. The summed E-state index contributed by atoms with van der Waals surface area (Å²) in [6.45, 7) is 3.78. The number of fused-ring (bicyclic) bond motifs is 5. The van der Waals surface area contributed by atoms with Gasteiger partial charge in [0.05, 0.1) is 18.5 Å². The van der Waals surface area contributed by atoms with Gasteiger partial charge in [0.15, 0.2) is 11.6 Å². The van der Waals surface area contributed by atoms with Crippen molar-refractivity contribution < 1.29 is 13.9 Å². The lowest BCUT2D eigenvalue weighted by molar-refractivity contribution is 0.168. The van der Waals surface area contributed by atoms with Crippen LogP contribution in [0.15, 0.2) is 18.2 Å². The van der Waals surface area contributed by atoms with E-state index >= 15 is 0 Å². The van der Waals surface area contributed by atoms with Crippen molar-refractivity contribution >= 4 is 6.03 Å². The summed E-state index contributed by atoms with van der Waals surface area (Å²) in [6, 6.07) is 5.31. The molecule has 1 amide bonds. The molecule has 2 bridgehead atoms. The van der Waals surface area contributed by atoms with Gasteiger partial charge < -0.3 is 14.5 Å². The highest BCUT2D eigenvalue weighted by Crippen LogP contribution is 2.36. The lowest BCUT2D eigenvalue weighted by Crippen LogP contribution is -2.44. The summed E-state index contributed by atoms with van der Waals surface area (Å²) in [5, 5.41) is 4.64. The van der Waals surface area contributed by atoms with Crippen LogP contribution in [0.1, 0.15) is 30.5 Å². The lowest BCUT2D eigenvalue weighted by atomic mass is 10.1. The number of amides is 1. The molecular formula is C21H25FN4O2. The molecular weight excluding hydrogens is 359 g/mol. The standard InChI is InChI=1S/C21H25FN4O2/c1-28-18-7-3-5-16(19(18)22)20-15-4-2-6-17(15)26(23-20)21(27)25-13-12-24-10-8-14(25)9-11-24/h3,5,7,14H,2,4,6,8-13H2,1H3. The minimum atomic E-state index is -0.419. The number of piperidine rings is 1. The van der Waals surface area contributed by atoms with Crippen LogP contribution in [-0.2, 0) is 12.8 Å². The van der Waals surface area contributed by atoms with Crippen LogP contribution < -0.4 is 4.74 Å². The normalized spacial score (nSPS) is 23.6. The van der Waals surface area contributed by atoms with Crippen molar-refractivity contribution in [3.8, 4) is 17.0 Å². The van der Waals surface area contributed by atoms with E-state index in [1.807, 2.05) is 4.90 Å². The van der Waals surface area contributed by atoms with E-state index in [-0.39, 0.29) is 17.8 Å². The summed E-state index contributed by atoms with van der Waals surface area (Å²) in [5.41, 5.74) is 2.94. The van der Waals surface area contributed by atoms with Gasteiger partial charge in [-0.1, -0.05) is 6.07 Å².